The van der Waals surface area contributed by atoms with Crippen LogP contribution in [0.15, 0.2) is 109 Å². The summed E-state index contributed by atoms with van der Waals surface area (Å²) in [5.41, 5.74) is 21.9. The molecular weight excluding hydrogens is 826 g/mol. The lowest BCUT2D eigenvalue weighted by molar-refractivity contribution is 0.195. The fraction of sp³-hybridized carbons (Fsp3) is 0.419. The Morgan fingerprint density at radius 2 is 0.970 bits per heavy atom. The molecule has 2 atom stereocenters. The molecule has 0 saturated heterocycles. The van der Waals surface area contributed by atoms with Crippen molar-refractivity contribution in [1.82, 2.24) is 0 Å². The smallest absolute Gasteiger partial charge is 0.251 e. The number of nitrogens with zero attached hydrogens (tertiary/aromatic N) is 3. The second-order valence-electron chi connectivity index (χ2n) is 26.3. The van der Waals surface area contributed by atoms with Crippen LogP contribution in [0, 0.1) is 0 Å². The Labute approximate surface area is 405 Å². The topological polar surface area (TPSA) is 9.72 Å². The highest BCUT2D eigenvalue weighted by atomic mass is 28.3. The van der Waals surface area contributed by atoms with Crippen LogP contribution in [-0.4, -0.2) is 20.3 Å². The number of anilines is 8. The predicted octanol–water partition coefficient (Wildman–Crippen LogP) is 13.8. The molecule has 1 aliphatic carbocycles. The van der Waals surface area contributed by atoms with Gasteiger partial charge in [0.25, 0.3) is 6.71 Å². The van der Waals surface area contributed by atoms with E-state index in [0.29, 0.717) is 0 Å². The molecule has 6 aromatic carbocycles. The summed E-state index contributed by atoms with van der Waals surface area (Å²) in [6, 6.07) is 44.5. The molecule has 67 heavy (non-hydrogen) atoms. The van der Waals surface area contributed by atoms with Crippen LogP contribution >= 0.6 is 0 Å². The van der Waals surface area contributed by atoms with Gasteiger partial charge in [-0.3, -0.25) is 0 Å². The largest absolute Gasteiger partial charge is 0.334 e. The Bertz CT molecular complexity index is 3010. The SMILES string of the molecule is CC(C)(C)c1ccc(N2c3cc(N4c5ccccc5C5(C)CCCCC45C)cc4c3B3c5c(cccc5[Si](C)(C)c5cc(C(C)(C)C)cc2c53)N4c2cc(C(C)(C)C)cc(C(C)(C)C)c2)cc1. The lowest BCUT2D eigenvalue weighted by Gasteiger charge is -2.52. The molecule has 5 heteroatoms. The number of benzene rings is 6. The van der Waals surface area contributed by atoms with Gasteiger partial charge in [0.2, 0.25) is 0 Å². The van der Waals surface area contributed by atoms with Gasteiger partial charge >= 0.3 is 0 Å². The molecule has 4 aliphatic heterocycles. The molecule has 0 amide bonds. The zero-order valence-corrected chi connectivity index (χ0v) is 44.6. The summed E-state index contributed by atoms with van der Waals surface area (Å²) in [6.45, 7) is 39.0. The van der Waals surface area contributed by atoms with Gasteiger partial charge in [0, 0.05) is 50.9 Å². The highest BCUT2D eigenvalue weighted by molar-refractivity contribution is 7.16. The van der Waals surface area contributed by atoms with Gasteiger partial charge in [0.1, 0.15) is 8.07 Å². The fourth-order valence-corrected chi connectivity index (χ4v) is 16.5. The molecule has 0 aromatic heterocycles. The van der Waals surface area contributed by atoms with Crippen molar-refractivity contribution in [2.75, 3.05) is 14.7 Å². The second-order valence-corrected chi connectivity index (χ2v) is 30.6. The Morgan fingerprint density at radius 3 is 1.58 bits per heavy atom. The molecule has 344 valence electrons. The van der Waals surface area contributed by atoms with Crippen molar-refractivity contribution in [1.29, 1.82) is 0 Å². The van der Waals surface area contributed by atoms with E-state index in [0.717, 1.165) is 6.42 Å². The molecular formula is C62H74BN3Si. The lowest BCUT2D eigenvalue weighted by Crippen LogP contribution is -2.79. The van der Waals surface area contributed by atoms with Crippen LogP contribution in [0.5, 0.6) is 0 Å². The summed E-state index contributed by atoms with van der Waals surface area (Å²) < 4.78 is 0. The van der Waals surface area contributed by atoms with Crippen LogP contribution in [0.3, 0.4) is 0 Å². The molecule has 1 fully saturated rings. The number of rotatable bonds is 3. The van der Waals surface area contributed by atoms with Crippen LogP contribution in [0.1, 0.15) is 150 Å². The monoisotopic (exact) mass is 900 g/mol. The number of fused-ring (bicyclic) bond motifs is 3. The molecule has 6 aromatic rings. The van der Waals surface area contributed by atoms with E-state index in [1.54, 1.807) is 10.4 Å². The minimum Gasteiger partial charge on any atom is -0.334 e. The van der Waals surface area contributed by atoms with Crippen LogP contribution in [0.25, 0.3) is 0 Å². The third kappa shape index (κ3) is 6.27. The van der Waals surface area contributed by atoms with E-state index in [2.05, 4.69) is 234 Å². The van der Waals surface area contributed by atoms with Crippen LogP contribution < -0.4 is 41.5 Å². The Balaban J connectivity index is 1.31. The summed E-state index contributed by atoms with van der Waals surface area (Å²) in [7, 11) is -2.27. The average Bonchev–Trinajstić information content (AvgIpc) is 3.46. The molecule has 0 N–H and O–H groups in total. The van der Waals surface area contributed by atoms with Crippen LogP contribution in [0.4, 0.5) is 45.5 Å². The minimum atomic E-state index is -2.27. The normalized spacial score (nSPS) is 21.3. The lowest BCUT2D eigenvalue weighted by atomic mass is 9.33. The Hall–Kier alpha value is -5.00. The fourth-order valence-electron chi connectivity index (χ4n) is 13.3. The summed E-state index contributed by atoms with van der Waals surface area (Å²) in [4.78, 5) is 8.27. The van der Waals surface area contributed by atoms with Gasteiger partial charge in [-0.15, -0.1) is 0 Å². The first-order valence-electron chi connectivity index (χ1n) is 25.5. The average molecular weight is 900 g/mol. The maximum Gasteiger partial charge on any atom is 0.251 e. The first kappa shape index (κ1) is 44.5. The highest BCUT2D eigenvalue weighted by Gasteiger charge is 2.59. The number of hydrogen-bond acceptors (Lipinski definition) is 3. The molecule has 5 aliphatic rings. The molecule has 1 saturated carbocycles. The van der Waals surface area contributed by atoms with E-state index < -0.39 is 8.07 Å². The van der Waals surface area contributed by atoms with Gasteiger partial charge in [0.15, 0.2) is 0 Å². The van der Waals surface area contributed by atoms with E-state index in [4.69, 9.17) is 0 Å². The maximum absolute atomic E-state index is 2.82. The molecule has 2 unspecified atom stereocenters. The molecule has 11 rings (SSSR count). The standard InChI is InChI=1S/C62H74BN3Si/c1-57(2,3)39-26-28-43(29-27-39)64-49-35-42(60(10,11)12)36-53-56(49)63-54-50(64)37-45(66-47-23-18-17-22-46(47)61(13)30-19-20-31-62(61,66)14)38-51(54)65(48-24-21-25-52(55(48)63)67(53,15)16)44-33-40(58(4,5)6)32-41(34-44)59(7,8)9/h17-18,21-29,32-38H,19-20,30-31H2,1-16H3. The van der Waals surface area contributed by atoms with Gasteiger partial charge in [0.05, 0.1) is 5.54 Å². The molecule has 3 nitrogen and oxygen atoms in total. The van der Waals surface area contributed by atoms with Gasteiger partial charge < -0.3 is 14.7 Å². The third-order valence-corrected chi connectivity index (χ3v) is 21.1. The van der Waals surface area contributed by atoms with E-state index in [1.807, 2.05) is 0 Å². The van der Waals surface area contributed by atoms with Crippen LogP contribution in [0.2, 0.25) is 13.1 Å². The van der Waals surface area contributed by atoms with Crippen molar-refractivity contribution in [2.45, 2.75) is 168 Å². The molecule has 0 spiro atoms. The molecule has 4 heterocycles. The zero-order chi connectivity index (χ0) is 47.8. The van der Waals surface area contributed by atoms with Crippen molar-refractivity contribution in [2.24, 2.45) is 0 Å². The predicted molar refractivity (Wildman–Crippen MR) is 295 cm³/mol. The van der Waals surface area contributed by atoms with Crippen molar-refractivity contribution >= 4 is 87.0 Å². The minimum absolute atomic E-state index is 0.0291. The summed E-state index contributed by atoms with van der Waals surface area (Å²) in [6.07, 6.45) is 4.87. The second kappa shape index (κ2) is 14.1. The molecule has 0 bridgehead atoms. The summed E-state index contributed by atoms with van der Waals surface area (Å²) in [5.74, 6) is 0. The van der Waals surface area contributed by atoms with Crippen molar-refractivity contribution < 1.29 is 0 Å². The van der Waals surface area contributed by atoms with Gasteiger partial charge in [-0.25, -0.2) is 0 Å². The van der Waals surface area contributed by atoms with Gasteiger partial charge in [-0.1, -0.05) is 181 Å². The van der Waals surface area contributed by atoms with E-state index >= 15 is 0 Å². The van der Waals surface area contributed by atoms with Gasteiger partial charge in [-0.05, 0) is 140 Å². The van der Waals surface area contributed by atoms with Crippen molar-refractivity contribution in [3.63, 3.8) is 0 Å². The number of hydrogen-bond donors (Lipinski definition) is 0. The van der Waals surface area contributed by atoms with Crippen molar-refractivity contribution in [3.8, 4) is 0 Å². The quantitative estimate of drug-likeness (QED) is 0.164. The third-order valence-electron chi connectivity index (χ3n) is 17.6. The Kier molecular flexibility index (Phi) is 9.34. The first-order chi connectivity index (χ1) is 31.2. The van der Waals surface area contributed by atoms with Crippen molar-refractivity contribution in [3.05, 3.63) is 137 Å². The van der Waals surface area contributed by atoms with E-state index in [9.17, 15) is 0 Å². The highest BCUT2D eigenvalue weighted by Crippen LogP contribution is 2.62. The zero-order valence-electron chi connectivity index (χ0n) is 43.6. The molecule has 0 radical (unpaired) electrons. The maximum atomic E-state index is 2.82. The first-order valence-corrected chi connectivity index (χ1v) is 28.5. The van der Waals surface area contributed by atoms with E-state index in [-0.39, 0.29) is 39.3 Å². The van der Waals surface area contributed by atoms with Gasteiger partial charge in [-0.2, -0.15) is 0 Å². The number of para-hydroxylation sites is 1. The summed E-state index contributed by atoms with van der Waals surface area (Å²) >= 11 is 0. The van der Waals surface area contributed by atoms with Crippen LogP contribution in [-0.2, 0) is 27.1 Å². The summed E-state index contributed by atoms with van der Waals surface area (Å²) in [5, 5.41) is 3.17. The van der Waals surface area contributed by atoms with E-state index in [1.165, 1.54) is 109 Å². The Morgan fingerprint density at radius 1 is 0.448 bits per heavy atom.